The van der Waals surface area contributed by atoms with Crippen LogP contribution in [0.25, 0.3) is 0 Å². The van der Waals surface area contributed by atoms with Crippen LogP contribution in [0.1, 0.15) is 54.2 Å². The zero-order chi connectivity index (χ0) is 22.2. The number of likely N-dealkylation sites (tertiary alicyclic amines) is 1. The lowest BCUT2D eigenvalue weighted by Gasteiger charge is -2.19. The fourth-order valence-electron chi connectivity index (χ4n) is 3.44. The van der Waals surface area contributed by atoms with E-state index in [9.17, 15) is 14.7 Å². The van der Waals surface area contributed by atoms with Gasteiger partial charge in [-0.05, 0) is 74.8 Å². The highest BCUT2D eigenvalue weighted by molar-refractivity contribution is 5.97. The predicted molar refractivity (Wildman–Crippen MR) is 123 cm³/mol. The molecular formula is C25H31N3O4. The Bertz CT molecular complexity index is 953. The first-order valence-corrected chi connectivity index (χ1v) is 10.3. The molecule has 0 radical (unpaired) electrons. The SMILES string of the molecule is C.C[C@@H](O)[C@H](NC(=O)c1ccc(C#Cc2ccc(CN3CCCC3)cc2)cc1)C(=O)NO. The van der Waals surface area contributed by atoms with Gasteiger partial charge < -0.3 is 10.4 Å². The third-order valence-electron chi connectivity index (χ3n) is 5.22. The van der Waals surface area contributed by atoms with Gasteiger partial charge in [0.05, 0.1) is 6.10 Å². The molecule has 1 heterocycles. The fraction of sp³-hybridized carbons (Fsp3) is 0.360. The minimum Gasteiger partial charge on any atom is -0.391 e. The Balaban J connectivity index is 0.00000363. The number of aliphatic hydroxyl groups excluding tert-OH is 1. The van der Waals surface area contributed by atoms with Gasteiger partial charge >= 0.3 is 0 Å². The van der Waals surface area contributed by atoms with E-state index < -0.39 is 24.0 Å². The summed E-state index contributed by atoms with van der Waals surface area (Å²) < 4.78 is 0. The predicted octanol–water partition coefficient (Wildman–Crippen LogP) is 2.30. The van der Waals surface area contributed by atoms with Gasteiger partial charge in [0, 0.05) is 23.2 Å². The van der Waals surface area contributed by atoms with Gasteiger partial charge in [-0.1, -0.05) is 31.4 Å². The first kappa shape index (κ1) is 25.1. The van der Waals surface area contributed by atoms with Crippen molar-refractivity contribution in [1.82, 2.24) is 15.7 Å². The van der Waals surface area contributed by atoms with Crippen molar-refractivity contribution >= 4 is 11.8 Å². The zero-order valence-corrected chi connectivity index (χ0v) is 17.5. The van der Waals surface area contributed by atoms with Crippen LogP contribution in [0.15, 0.2) is 48.5 Å². The summed E-state index contributed by atoms with van der Waals surface area (Å²) in [6.07, 6.45) is 1.40. The number of nitrogens with one attached hydrogen (secondary N) is 2. The molecule has 0 unspecified atom stereocenters. The molecule has 2 aromatic carbocycles. The molecule has 7 heteroatoms. The topological polar surface area (TPSA) is 102 Å². The maximum atomic E-state index is 12.3. The number of rotatable bonds is 6. The molecule has 1 aliphatic rings. The molecule has 2 amide bonds. The Morgan fingerprint density at radius 2 is 1.53 bits per heavy atom. The molecule has 0 aliphatic carbocycles. The molecule has 1 fully saturated rings. The van der Waals surface area contributed by atoms with E-state index in [-0.39, 0.29) is 7.43 Å². The normalized spacial score (nSPS) is 15.0. The first-order valence-electron chi connectivity index (χ1n) is 10.3. The van der Waals surface area contributed by atoms with Crippen LogP contribution in [-0.4, -0.2) is 52.3 Å². The van der Waals surface area contributed by atoms with Gasteiger partial charge in [0.2, 0.25) is 0 Å². The molecular weight excluding hydrogens is 406 g/mol. The van der Waals surface area contributed by atoms with Crippen molar-refractivity contribution < 1.29 is 19.9 Å². The maximum Gasteiger partial charge on any atom is 0.268 e. The number of nitrogens with zero attached hydrogens (tertiary/aromatic N) is 1. The quantitative estimate of drug-likeness (QED) is 0.316. The maximum absolute atomic E-state index is 12.3. The number of aliphatic hydroxyl groups is 1. The van der Waals surface area contributed by atoms with Crippen LogP contribution in [-0.2, 0) is 11.3 Å². The average molecular weight is 438 g/mol. The van der Waals surface area contributed by atoms with E-state index in [1.165, 1.54) is 43.9 Å². The van der Waals surface area contributed by atoms with E-state index in [4.69, 9.17) is 5.21 Å². The van der Waals surface area contributed by atoms with Gasteiger partial charge in [0.25, 0.3) is 11.8 Å². The lowest BCUT2D eigenvalue weighted by atomic mass is 10.1. The highest BCUT2D eigenvalue weighted by Crippen LogP contribution is 2.13. The van der Waals surface area contributed by atoms with E-state index in [0.717, 1.165) is 17.7 Å². The third kappa shape index (κ3) is 6.92. The van der Waals surface area contributed by atoms with Crippen LogP contribution < -0.4 is 10.8 Å². The Hall–Kier alpha value is -3.18. The van der Waals surface area contributed by atoms with E-state index in [0.29, 0.717) is 5.56 Å². The number of hydroxylamine groups is 1. The molecule has 170 valence electrons. The highest BCUT2D eigenvalue weighted by Gasteiger charge is 2.25. The van der Waals surface area contributed by atoms with Crippen molar-refractivity contribution in [2.75, 3.05) is 13.1 Å². The number of carbonyl (C=O) groups is 2. The summed E-state index contributed by atoms with van der Waals surface area (Å²) in [4.78, 5) is 26.3. The molecule has 0 bridgehead atoms. The summed E-state index contributed by atoms with van der Waals surface area (Å²) in [5.74, 6) is 4.77. The number of amides is 2. The zero-order valence-electron chi connectivity index (χ0n) is 17.5. The Morgan fingerprint density at radius 1 is 1.00 bits per heavy atom. The van der Waals surface area contributed by atoms with E-state index in [2.05, 4.69) is 34.2 Å². The molecule has 0 aromatic heterocycles. The summed E-state index contributed by atoms with van der Waals surface area (Å²) in [7, 11) is 0. The number of hydrogen-bond donors (Lipinski definition) is 4. The van der Waals surface area contributed by atoms with Crippen molar-refractivity contribution in [3.05, 3.63) is 70.8 Å². The standard InChI is InChI=1S/C24H27N3O4.CH4/c1-17(28)22(24(30)26-31)25-23(29)21-12-10-19(11-13-21)5-4-18-6-8-20(9-7-18)16-27-14-2-3-15-27;/h6-13,17,22,28,31H,2-3,14-16H2,1H3,(H,25,29)(H,26,30);1H4/t17-,22+;/m1./s1. The minimum atomic E-state index is -1.26. The highest BCUT2D eigenvalue weighted by atomic mass is 16.5. The molecule has 1 aliphatic heterocycles. The summed E-state index contributed by atoms with van der Waals surface area (Å²) in [6, 6.07) is 13.6. The minimum absolute atomic E-state index is 0. The van der Waals surface area contributed by atoms with Crippen LogP contribution in [0.3, 0.4) is 0 Å². The van der Waals surface area contributed by atoms with Gasteiger partial charge in [0.15, 0.2) is 0 Å². The number of hydrogen-bond acceptors (Lipinski definition) is 5. The summed E-state index contributed by atoms with van der Waals surface area (Å²) in [6.45, 7) is 4.67. The van der Waals surface area contributed by atoms with Crippen LogP contribution >= 0.6 is 0 Å². The molecule has 32 heavy (non-hydrogen) atoms. The van der Waals surface area contributed by atoms with Gasteiger partial charge in [-0.2, -0.15) is 0 Å². The average Bonchev–Trinajstić information content (AvgIpc) is 3.29. The summed E-state index contributed by atoms with van der Waals surface area (Å²) >= 11 is 0. The van der Waals surface area contributed by atoms with Crippen molar-refractivity contribution in [1.29, 1.82) is 0 Å². The second-order valence-corrected chi connectivity index (χ2v) is 7.68. The molecule has 1 saturated heterocycles. The Labute approximate surface area is 189 Å². The lowest BCUT2D eigenvalue weighted by molar-refractivity contribution is -0.133. The molecule has 0 spiro atoms. The lowest BCUT2D eigenvalue weighted by Crippen LogP contribution is -2.51. The van der Waals surface area contributed by atoms with Gasteiger partial charge in [-0.3, -0.25) is 19.7 Å². The molecule has 0 saturated carbocycles. The van der Waals surface area contributed by atoms with E-state index in [1.54, 1.807) is 24.3 Å². The van der Waals surface area contributed by atoms with Crippen molar-refractivity contribution in [2.24, 2.45) is 0 Å². The van der Waals surface area contributed by atoms with Gasteiger partial charge in [0.1, 0.15) is 6.04 Å². The van der Waals surface area contributed by atoms with Gasteiger partial charge in [-0.25, -0.2) is 5.48 Å². The van der Waals surface area contributed by atoms with Crippen LogP contribution in [0.2, 0.25) is 0 Å². The summed E-state index contributed by atoms with van der Waals surface area (Å²) in [5.41, 5.74) is 4.70. The monoisotopic (exact) mass is 437 g/mol. The second-order valence-electron chi connectivity index (χ2n) is 7.68. The van der Waals surface area contributed by atoms with Crippen molar-refractivity contribution in [2.45, 2.75) is 45.9 Å². The largest absolute Gasteiger partial charge is 0.391 e. The molecule has 4 N–H and O–H groups in total. The number of benzene rings is 2. The molecule has 2 aromatic rings. The second kappa shape index (κ2) is 12.0. The van der Waals surface area contributed by atoms with Gasteiger partial charge in [-0.15, -0.1) is 0 Å². The smallest absolute Gasteiger partial charge is 0.268 e. The van der Waals surface area contributed by atoms with E-state index in [1.807, 2.05) is 12.1 Å². The van der Waals surface area contributed by atoms with Crippen LogP contribution in [0.4, 0.5) is 0 Å². The molecule has 3 rings (SSSR count). The molecule has 2 atom stereocenters. The molecule has 7 nitrogen and oxygen atoms in total. The van der Waals surface area contributed by atoms with E-state index >= 15 is 0 Å². The Kier molecular flexibility index (Phi) is 9.41. The summed E-state index contributed by atoms with van der Waals surface area (Å²) in [5, 5.41) is 20.7. The van der Waals surface area contributed by atoms with Crippen molar-refractivity contribution in [3.8, 4) is 11.8 Å². The number of carbonyl (C=O) groups excluding carboxylic acids is 2. The Morgan fingerprint density at radius 3 is 2.03 bits per heavy atom. The first-order chi connectivity index (χ1) is 15.0. The fourth-order valence-corrected chi connectivity index (χ4v) is 3.44. The van der Waals surface area contributed by atoms with Crippen LogP contribution in [0.5, 0.6) is 0 Å². The third-order valence-corrected chi connectivity index (χ3v) is 5.22. The van der Waals surface area contributed by atoms with Crippen LogP contribution in [0, 0.1) is 11.8 Å². The van der Waals surface area contributed by atoms with Crippen molar-refractivity contribution in [3.63, 3.8) is 0 Å².